The number of ether oxygens (including phenoxy) is 1. The lowest BCUT2D eigenvalue weighted by Gasteiger charge is -2.06. The molecule has 0 saturated carbocycles. The Morgan fingerprint density at radius 1 is 1.14 bits per heavy atom. The predicted molar refractivity (Wildman–Crippen MR) is 85.9 cm³/mol. The highest BCUT2D eigenvalue weighted by Crippen LogP contribution is 2.19. The molecule has 0 radical (unpaired) electrons. The lowest BCUT2D eigenvalue weighted by Crippen LogP contribution is -2.24. The summed E-state index contributed by atoms with van der Waals surface area (Å²) in [5, 5.41) is 3.63. The van der Waals surface area contributed by atoms with Gasteiger partial charge in [-0.1, -0.05) is 12.1 Å². The van der Waals surface area contributed by atoms with Crippen molar-refractivity contribution in [3.8, 4) is 5.75 Å². The van der Waals surface area contributed by atoms with Crippen molar-refractivity contribution in [3.63, 3.8) is 0 Å². The molecule has 2 aromatic carbocycles. The van der Waals surface area contributed by atoms with Crippen LogP contribution in [0, 0.1) is 0 Å². The van der Waals surface area contributed by atoms with E-state index >= 15 is 0 Å². The third kappa shape index (κ3) is 4.42. The van der Waals surface area contributed by atoms with Crippen LogP contribution in [0.25, 0.3) is 0 Å². The van der Waals surface area contributed by atoms with E-state index in [1.807, 2.05) is 6.07 Å². The first-order chi connectivity index (χ1) is 10.6. The zero-order valence-corrected chi connectivity index (χ0v) is 12.9. The number of primary amides is 1. The second-order valence-electron chi connectivity index (χ2n) is 4.17. The summed E-state index contributed by atoms with van der Waals surface area (Å²) < 4.78 is 5.94. The Morgan fingerprint density at radius 2 is 1.82 bits per heavy atom. The maximum absolute atomic E-state index is 12.0. The number of esters is 1. The molecule has 0 unspecified atom stereocenters. The van der Waals surface area contributed by atoms with Gasteiger partial charge in [-0.05, 0) is 57.9 Å². The summed E-state index contributed by atoms with van der Waals surface area (Å²) in [7, 11) is 0. The quantitative estimate of drug-likeness (QED) is 0.379. The molecule has 0 bridgehead atoms. The summed E-state index contributed by atoms with van der Waals surface area (Å²) in [6.45, 7) is 0. The fourth-order valence-corrected chi connectivity index (χ4v) is 2.03. The Labute approximate surface area is 135 Å². The molecule has 0 aliphatic carbocycles. The van der Waals surface area contributed by atoms with Gasteiger partial charge >= 0.3 is 12.0 Å². The van der Waals surface area contributed by atoms with Gasteiger partial charge in [0.15, 0.2) is 0 Å². The highest BCUT2D eigenvalue weighted by molar-refractivity contribution is 9.10. The minimum atomic E-state index is -0.741. The zero-order valence-electron chi connectivity index (χ0n) is 11.3. The molecule has 0 atom stereocenters. The van der Waals surface area contributed by atoms with Crippen LogP contribution in [0.1, 0.15) is 15.9 Å². The number of rotatable bonds is 4. The highest BCUT2D eigenvalue weighted by Gasteiger charge is 2.11. The molecule has 0 fully saturated rings. The number of hydrogen-bond acceptors (Lipinski definition) is 4. The highest BCUT2D eigenvalue weighted by atomic mass is 79.9. The Hall–Kier alpha value is -2.67. The Morgan fingerprint density at radius 3 is 2.45 bits per heavy atom. The van der Waals surface area contributed by atoms with E-state index in [9.17, 15) is 9.59 Å². The minimum absolute atomic E-state index is 0.403. The normalized spacial score (nSPS) is 10.4. The van der Waals surface area contributed by atoms with Gasteiger partial charge in [0.2, 0.25) is 0 Å². The molecule has 112 valence electrons. The van der Waals surface area contributed by atoms with Crippen molar-refractivity contribution in [1.29, 1.82) is 0 Å². The van der Waals surface area contributed by atoms with Gasteiger partial charge in [-0.3, -0.25) is 0 Å². The maximum Gasteiger partial charge on any atom is 0.344 e. The van der Waals surface area contributed by atoms with Crippen molar-refractivity contribution in [2.45, 2.75) is 0 Å². The van der Waals surface area contributed by atoms with Gasteiger partial charge in [0.05, 0.1) is 11.8 Å². The van der Waals surface area contributed by atoms with Crippen molar-refractivity contribution >= 4 is 34.1 Å². The van der Waals surface area contributed by atoms with Gasteiger partial charge in [-0.15, -0.1) is 0 Å². The van der Waals surface area contributed by atoms with Crippen LogP contribution in [-0.4, -0.2) is 18.2 Å². The summed E-state index contributed by atoms with van der Waals surface area (Å²) in [5.74, 6) is -0.0509. The summed E-state index contributed by atoms with van der Waals surface area (Å²) in [6, 6.07) is 12.9. The van der Waals surface area contributed by atoms with E-state index in [4.69, 9.17) is 10.5 Å². The van der Waals surface area contributed by atoms with Crippen LogP contribution >= 0.6 is 15.9 Å². The van der Waals surface area contributed by atoms with Crippen LogP contribution in [-0.2, 0) is 0 Å². The van der Waals surface area contributed by atoms with Crippen LogP contribution in [0.15, 0.2) is 58.1 Å². The van der Waals surface area contributed by atoms with E-state index in [1.165, 1.54) is 6.21 Å². The number of hydrogen-bond donors (Lipinski definition) is 2. The van der Waals surface area contributed by atoms with Crippen LogP contribution in [0.3, 0.4) is 0 Å². The molecule has 0 aromatic heterocycles. The summed E-state index contributed by atoms with van der Waals surface area (Å²) in [6.07, 6.45) is 1.42. The van der Waals surface area contributed by atoms with Crippen molar-refractivity contribution in [3.05, 3.63) is 64.1 Å². The van der Waals surface area contributed by atoms with E-state index in [2.05, 4.69) is 26.5 Å². The van der Waals surface area contributed by atoms with Gasteiger partial charge in [0.25, 0.3) is 0 Å². The van der Waals surface area contributed by atoms with Crippen LogP contribution in [0.5, 0.6) is 5.75 Å². The maximum atomic E-state index is 12.0. The Balaban J connectivity index is 2.02. The molecule has 0 spiro atoms. The van der Waals surface area contributed by atoms with E-state index in [-0.39, 0.29) is 0 Å². The largest absolute Gasteiger partial charge is 0.423 e. The van der Waals surface area contributed by atoms with Crippen molar-refractivity contribution < 1.29 is 14.3 Å². The number of benzene rings is 2. The summed E-state index contributed by atoms with van der Waals surface area (Å²) in [5.41, 5.74) is 8.12. The number of halogens is 1. The molecule has 6 nitrogen and oxygen atoms in total. The smallest absolute Gasteiger partial charge is 0.344 e. The Bertz CT molecular complexity index is 714. The molecule has 0 heterocycles. The molecule has 2 amide bonds. The second kappa shape index (κ2) is 7.37. The van der Waals surface area contributed by atoms with Gasteiger partial charge in [0.1, 0.15) is 5.75 Å². The van der Waals surface area contributed by atoms with E-state index in [0.29, 0.717) is 15.8 Å². The topological polar surface area (TPSA) is 93.8 Å². The Kier molecular flexibility index (Phi) is 5.26. The molecule has 2 aromatic rings. The number of nitrogens with one attached hydrogen (secondary N) is 1. The van der Waals surface area contributed by atoms with Crippen LogP contribution < -0.4 is 15.9 Å². The monoisotopic (exact) mass is 361 g/mol. The first-order valence-corrected chi connectivity index (χ1v) is 7.01. The number of nitrogens with two attached hydrogens (primary N) is 1. The zero-order chi connectivity index (χ0) is 15.9. The van der Waals surface area contributed by atoms with Crippen molar-refractivity contribution in [2.24, 2.45) is 10.8 Å². The summed E-state index contributed by atoms with van der Waals surface area (Å²) in [4.78, 5) is 22.5. The average Bonchev–Trinajstić information content (AvgIpc) is 2.49. The van der Waals surface area contributed by atoms with E-state index in [0.717, 1.165) is 5.56 Å². The van der Waals surface area contributed by atoms with Crippen molar-refractivity contribution in [2.75, 3.05) is 0 Å². The van der Waals surface area contributed by atoms with Gasteiger partial charge in [-0.2, -0.15) is 5.10 Å². The van der Waals surface area contributed by atoms with E-state index in [1.54, 1.807) is 42.5 Å². The number of amides is 2. The predicted octanol–water partition coefficient (Wildman–Crippen LogP) is 2.67. The molecule has 0 aliphatic heterocycles. The minimum Gasteiger partial charge on any atom is -0.423 e. The number of carbonyl (C=O) groups is 2. The number of hydrazone groups is 1. The molecule has 7 heteroatoms. The van der Waals surface area contributed by atoms with E-state index < -0.39 is 12.0 Å². The van der Waals surface area contributed by atoms with Crippen LogP contribution in [0.2, 0.25) is 0 Å². The molecule has 0 saturated heterocycles. The fraction of sp³-hybridized carbons (Fsp3) is 0. The average molecular weight is 362 g/mol. The van der Waals surface area contributed by atoms with Crippen LogP contribution in [0.4, 0.5) is 4.79 Å². The molecular weight excluding hydrogens is 350 g/mol. The number of carbonyl (C=O) groups excluding carboxylic acids is 2. The standard InChI is InChI=1S/C15H12BrN3O3/c16-13-4-2-1-3-12(13)14(20)22-11-7-5-10(6-8-11)9-18-19-15(17)21/h1-9H,(H3,17,19,21)/b18-9-. The number of urea groups is 1. The third-order valence-corrected chi connectivity index (χ3v) is 3.26. The molecule has 3 N–H and O–H groups in total. The fourth-order valence-electron chi connectivity index (χ4n) is 1.58. The molecule has 22 heavy (non-hydrogen) atoms. The first-order valence-electron chi connectivity index (χ1n) is 6.21. The van der Waals surface area contributed by atoms with Gasteiger partial charge in [-0.25, -0.2) is 15.0 Å². The molecule has 0 aliphatic rings. The molecule has 2 rings (SSSR count). The first kappa shape index (κ1) is 15.7. The second-order valence-corrected chi connectivity index (χ2v) is 5.03. The lowest BCUT2D eigenvalue weighted by atomic mass is 10.2. The summed E-state index contributed by atoms with van der Waals surface area (Å²) >= 11 is 3.30. The van der Waals surface area contributed by atoms with Gasteiger partial charge in [0, 0.05) is 4.47 Å². The number of nitrogens with zero attached hydrogens (tertiary/aromatic N) is 1. The van der Waals surface area contributed by atoms with Gasteiger partial charge < -0.3 is 10.5 Å². The SMILES string of the molecule is NC(=O)N/N=C\c1ccc(OC(=O)c2ccccc2Br)cc1. The third-order valence-electron chi connectivity index (χ3n) is 2.57. The molecular formula is C15H12BrN3O3. The van der Waals surface area contributed by atoms with Crippen molar-refractivity contribution in [1.82, 2.24) is 5.43 Å². The lowest BCUT2D eigenvalue weighted by molar-refractivity contribution is 0.0734.